The zero-order valence-electron chi connectivity index (χ0n) is 5.26. The van der Waals surface area contributed by atoms with Crippen LogP contribution in [0.25, 0.3) is 0 Å². The van der Waals surface area contributed by atoms with Crippen LogP contribution < -0.4 is 0 Å². The maximum atomic E-state index is 8.67. The third kappa shape index (κ3) is 0.585. The molecule has 9 heavy (non-hydrogen) atoms. The third-order valence-electron chi connectivity index (χ3n) is 2.34. The molecule has 0 amide bonds. The highest BCUT2D eigenvalue weighted by Crippen LogP contribution is 2.42. The second-order valence-electron chi connectivity index (χ2n) is 2.92. The average molecular weight is 123 g/mol. The molecule has 2 rings (SSSR count). The molecule has 2 nitrogen and oxygen atoms in total. The van der Waals surface area contributed by atoms with Crippen molar-refractivity contribution in [2.45, 2.75) is 37.4 Å². The summed E-state index contributed by atoms with van der Waals surface area (Å²) in [4.78, 5) is 0. The van der Waals surface area contributed by atoms with Crippen LogP contribution in [-0.2, 0) is 4.74 Å². The third-order valence-corrected chi connectivity index (χ3v) is 2.34. The lowest BCUT2D eigenvalue weighted by atomic mass is 9.90. The highest BCUT2D eigenvalue weighted by atomic mass is 16.5. The van der Waals surface area contributed by atoms with Gasteiger partial charge in [-0.15, -0.1) is 0 Å². The summed E-state index contributed by atoms with van der Waals surface area (Å²) in [6.45, 7) is 0. The van der Waals surface area contributed by atoms with Gasteiger partial charge in [0.15, 0.2) is 5.60 Å². The molecule has 0 aromatic heterocycles. The maximum absolute atomic E-state index is 8.67. The van der Waals surface area contributed by atoms with Gasteiger partial charge >= 0.3 is 0 Å². The predicted molar refractivity (Wildman–Crippen MR) is 31.7 cm³/mol. The SMILES string of the molecule is N#CC12CCC(CC1)O2. The topological polar surface area (TPSA) is 33.0 Å². The quantitative estimate of drug-likeness (QED) is 0.485. The molecule has 0 unspecified atom stereocenters. The predicted octanol–water partition coefficient (Wildman–Crippen LogP) is 1.22. The second-order valence-corrected chi connectivity index (χ2v) is 2.92. The van der Waals surface area contributed by atoms with Crippen LogP contribution in [0, 0.1) is 11.3 Å². The van der Waals surface area contributed by atoms with E-state index in [4.69, 9.17) is 10.00 Å². The summed E-state index contributed by atoms with van der Waals surface area (Å²) >= 11 is 0. The van der Waals surface area contributed by atoms with Crippen LogP contribution >= 0.6 is 0 Å². The van der Waals surface area contributed by atoms with Crippen molar-refractivity contribution in [2.75, 3.05) is 0 Å². The lowest BCUT2D eigenvalue weighted by Crippen LogP contribution is -2.20. The van der Waals surface area contributed by atoms with Crippen LogP contribution in [0.3, 0.4) is 0 Å². The fraction of sp³-hybridized carbons (Fsp3) is 0.857. The molecule has 2 aliphatic heterocycles. The molecule has 2 aliphatic rings. The van der Waals surface area contributed by atoms with Gasteiger partial charge in [0.25, 0.3) is 0 Å². The van der Waals surface area contributed by atoms with Gasteiger partial charge in [0.05, 0.1) is 12.2 Å². The Hall–Kier alpha value is -0.550. The highest BCUT2D eigenvalue weighted by molar-refractivity contribution is 5.10. The smallest absolute Gasteiger partial charge is 0.154 e. The number of rotatable bonds is 0. The van der Waals surface area contributed by atoms with Crippen molar-refractivity contribution in [3.63, 3.8) is 0 Å². The van der Waals surface area contributed by atoms with Gasteiger partial charge in [-0.25, -0.2) is 0 Å². The monoisotopic (exact) mass is 123 g/mol. The van der Waals surface area contributed by atoms with Crippen LogP contribution in [0.15, 0.2) is 0 Å². The van der Waals surface area contributed by atoms with E-state index in [-0.39, 0.29) is 5.60 Å². The minimum Gasteiger partial charge on any atom is -0.357 e. The Bertz CT molecular complexity index is 162. The maximum Gasteiger partial charge on any atom is 0.154 e. The van der Waals surface area contributed by atoms with Crippen LogP contribution in [0.5, 0.6) is 0 Å². The largest absolute Gasteiger partial charge is 0.357 e. The van der Waals surface area contributed by atoms with Gasteiger partial charge in [0.1, 0.15) is 0 Å². The van der Waals surface area contributed by atoms with Crippen molar-refractivity contribution in [3.8, 4) is 6.07 Å². The van der Waals surface area contributed by atoms with E-state index in [1.54, 1.807) is 0 Å². The second kappa shape index (κ2) is 1.48. The van der Waals surface area contributed by atoms with Gasteiger partial charge in [0.2, 0.25) is 0 Å². The molecule has 2 heterocycles. The fourth-order valence-electron chi connectivity index (χ4n) is 1.75. The van der Waals surface area contributed by atoms with Gasteiger partial charge in [-0.2, -0.15) is 5.26 Å². The molecule has 2 bridgehead atoms. The lowest BCUT2D eigenvalue weighted by molar-refractivity contribution is 0.0560. The van der Waals surface area contributed by atoms with Crippen molar-refractivity contribution in [1.82, 2.24) is 0 Å². The number of hydrogen-bond donors (Lipinski definition) is 0. The van der Waals surface area contributed by atoms with E-state index in [1.807, 2.05) is 0 Å². The van der Waals surface area contributed by atoms with E-state index in [1.165, 1.54) is 0 Å². The molecule has 0 aromatic carbocycles. The number of fused-ring (bicyclic) bond motifs is 2. The zero-order chi connectivity index (χ0) is 6.32. The Morgan fingerprint density at radius 3 is 2.33 bits per heavy atom. The highest BCUT2D eigenvalue weighted by Gasteiger charge is 2.46. The van der Waals surface area contributed by atoms with Crippen LogP contribution in [0.2, 0.25) is 0 Å². The molecule has 2 heteroatoms. The number of nitrogens with zero attached hydrogens (tertiary/aromatic N) is 1. The van der Waals surface area contributed by atoms with Crippen molar-refractivity contribution < 1.29 is 4.74 Å². The van der Waals surface area contributed by atoms with Gasteiger partial charge < -0.3 is 4.74 Å². The zero-order valence-corrected chi connectivity index (χ0v) is 5.26. The van der Waals surface area contributed by atoms with Gasteiger partial charge in [0, 0.05) is 0 Å². The molecular weight excluding hydrogens is 114 g/mol. The normalized spacial score (nSPS) is 47.2. The van der Waals surface area contributed by atoms with Gasteiger partial charge in [-0.05, 0) is 25.7 Å². The van der Waals surface area contributed by atoms with E-state index >= 15 is 0 Å². The summed E-state index contributed by atoms with van der Waals surface area (Å²) in [6, 6.07) is 2.25. The Labute approximate surface area is 54.4 Å². The first-order chi connectivity index (χ1) is 4.35. The first kappa shape index (κ1) is 5.25. The van der Waals surface area contributed by atoms with E-state index in [2.05, 4.69) is 6.07 Å². The number of ether oxygens (including phenoxy) is 1. The molecule has 0 aliphatic carbocycles. The molecular formula is C7H9NO. The minimum absolute atomic E-state index is 0.343. The van der Waals surface area contributed by atoms with Crippen molar-refractivity contribution in [1.29, 1.82) is 5.26 Å². The summed E-state index contributed by atoms with van der Waals surface area (Å²) in [5.41, 5.74) is -0.343. The standard InChI is InChI=1S/C7H9NO/c8-5-7-3-1-6(9-7)2-4-7/h6H,1-4H2. The molecule has 0 N–H and O–H groups in total. The van der Waals surface area contributed by atoms with Crippen LogP contribution in [0.1, 0.15) is 25.7 Å². The van der Waals surface area contributed by atoms with Crippen molar-refractivity contribution >= 4 is 0 Å². The molecule has 48 valence electrons. The molecule has 2 saturated heterocycles. The average Bonchev–Trinajstić information content (AvgIpc) is 2.46. The Balaban J connectivity index is 2.25. The minimum atomic E-state index is -0.343. The number of nitriles is 1. The van der Waals surface area contributed by atoms with Crippen molar-refractivity contribution in [3.05, 3.63) is 0 Å². The van der Waals surface area contributed by atoms with Crippen LogP contribution in [0.4, 0.5) is 0 Å². The molecule has 0 spiro atoms. The Kier molecular flexibility index (Phi) is 0.866. The summed E-state index contributed by atoms with van der Waals surface area (Å²) in [5.74, 6) is 0. The van der Waals surface area contributed by atoms with Crippen molar-refractivity contribution in [2.24, 2.45) is 0 Å². The molecule has 0 saturated carbocycles. The Morgan fingerprint density at radius 2 is 2.11 bits per heavy atom. The van der Waals surface area contributed by atoms with Gasteiger partial charge in [-0.1, -0.05) is 0 Å². The molecule has 0 aromatic rings. The first-order valence-electron chi connectivity index (χ1n) is 3.44. The summed E-state index contributed by atoms with van der Waals surface area (Å²) in [6.07, 6.45) is 4.56. The Morgan fingerprint density at radius 1 is 1.44 bits per heavy atom. The van der Waals surface area contributed by atoms with Gasteiger partial charge in [-0.3, -0.25) is 0 Å². The summed E-state index contributed by atoms with van der Waals surface area (Å²) < 4.78 is 5.45. The van der Waals surface area contributed by atoms with E-state index in [9.17, 15) is 0 Å². The summed E-state index contributed by atoms with van der Waals surface area (Å²) in [5, 5.41) is 8.67. The van der Waals surface area contributed by atoms with E-state index in [0.717, 1.165) is 25.7 Å². The van der Waals surface area contributed by atoms with Crippen LogP contribution in [-0.4, -0.2) is 11.7 Å². The fourth-order valence-corrected chi connectivity index (χ4v) is 1.75. The number of hydrogen-bond acceptors (Lipinski definition) is 2. The lowest BCUT2D eigenvalue weighted by Gasteiger charge is -2.12. The molecule has 2 fully saturated rings. The van der Waals surface area contributed by atoms with E-state index in [0.29, 0.717) is 6.10 Å². The molecule has 0 atom stereocenters. The first-order valence-corrected chi connectivity index (χ1v) is 3.44. The summed E-state index contributed by atoms with van der Waals surface area (Å²) in [7, 11) is 0. The molecule has 0 radical (unpaired) electrons. The van der Waals surface area contributed by atoms with E-state index < -0.39 is 0 Å².